The molecule has 0 bridgehead atoms. The zero-order chi connectivity index (χ0) is 12.4. The summed E-state index contributed by atoms with van der Waals surface area (Å²) in [5, 5.41) is 9.69. The van der Waals surface area contributed by atoms with Crippen LogP contribution < -0.4 is 5.32 Å². The minimum atomic E-state index is 0.671. The second-order valence-corrected chi connectivity index (χ2v) is 5.79. The Hall–Kier alpha value is -1.40. The summed E-state index contributed by atoms with van der Waals surface area (Å²) in [4.78, 5) is 5.77. The van der Waals surface area contributed by atoms with Gasteiger partial charge in [0.1, 0.15) is 0 Å². The minimum Gasteiger partial charge on any atom is -0.353 e. The predicted octanol–water partition coefficient (Wildman–Crippen LogP) is 3.21. The van der Waals surface area contributed by atoms with Crippen LogP contribution in [0.15, 0.2) is 40.3 Å². The molecule has 0 aliphatic heterocycles. The summed E-state index contributed by atoms with van der Waals surface area (Å²) in [6.07, 6.45) is 2.89. The van der Waals surface area contributed by atoms with Gasteiger partial charge >= 0.3 is 0 Å². The molecule has 0 saturated heterocycles. The molecule has 3 aromatic heterocycles. The average Bonchev–Trinajstić information content (AvgIpc) is 2.97. The third kappa shape index (κ3) is 2.54. The van der Waals surface area contributed by atoms with Gasteiger partial charge in [-0.25, -0.2) is 4.52 Å². The molecule has 18 heavy (non-hydrogen) atoms. The summed E-state index contributed by atoms with van der Waals surface area (Å²) in [5.74, 6) is 0.671. The summed E-state index contributed by atoms with van der Waals surface area (Å²) in [6.45, 7) is 0.846. The zero-order valence-corrected chi connectivity index (χ0v) is 11.9. The van der Waals surface area contributed by atoms with Gasteiger partial charge in [-0.1, -0.05) is 6.07 Å². The maximum absolute atomic E-state index is 4.40. The van der Waals surface area contributed by atoms with Gasteiger partial charge in [0.15, 0.2) is 5.65 Å². The van der Waals surface area contributed by atoms with Crippen LogP contribution in [0.4, 0.5) is 5.95 Å². The molecule has 0 atom stereocenters. The van der Waals surface area contributed by atoms with Gasteiger partial charge in [0.2, 0.25) is 5.95 Å². The fraction of sp³-hybridized carbons (Fsp3) is 0.167. The van der Waals surface area contributed by atoms with Crippen molar-refractivity contribution in [1.29, 1.82) is 0 Å². The number of hydrogen-bond acceptors (Lipinski definition) is 4. The van der Waals surface area contributed by atoms with Crippen molar-refractivity contribution in [3.8, 4) is 0 Å². The lowest BCUT2D eigenvalue weighted by Crippen LogP contribution is -2.05. The van der Waals surface area contributed by atoms with E-state index in [0.717, 1.165) is 23.1 Å². The minimum absolute atomic E-state index is 0.671. The van der Waals surface area contributed by atoms with Gasteiger partial charge in [-0.05, 0) is 45.9 Å². The van der Waals surface area contributed by atoms with Gasteiger partial charge in [-0.2, -0.15) is 4.98 Å². The number of nitrogens with zero attached hydrogens (tertiary/aromatic N) is 3. The van der Waals surface area contributed by atoms with Crippen LogP contribution in [0.2, 0.25) is 0 Å². The van der Waals surface area contributed by atoms with Crippen LogP contribution in [0.3, 0.4) is 0 Å². The zero-order valence-electron chi connectivity index (χ0n) is 9.51. The van der Waals surface area contributed by atoms with Gasteiger partial charge < -0.3 is 5.32 Å². The lowest BCUT2D eigenvalue weighted by Gasteiger charge is -1.98. The summed E-state index contributed by atoms with van der Waals surface area (Å²) in [5.41, 5.74) is 0.844. The first-order valence-corrected chi connectivity index (χ1v) is 7.27. The van der Waals surface area contributed by atoms with E-state index in [-0.39, 0.29) is 0 Å². The predicted molar refractivity (Wildman–Crippen MR) is 77.2 cm³/mol. The lowest BCUT2D eigenvalue weighted by atomic mass is 10.3. The van der Waals surface area contributed by atoms with E-state index in [1.807, 2.05) is 18.3 Å². The lowest BCUT2D eigenvalue weighted by molar-refractivity contribution is 0.938. The molecule has 3 aromatic rings. The van der Waals surface area contributed by atoms with Gasteiger partial charge in [0, 0.05) is 22.1 Å². The van der Waals surface area contributed by atoms with Crippen molar-refractivity contribution in [1.82, 2.24) is 14.6 Å². The number of anilines is 1. The van der Waals surface area contributed by atoms with Crippen molar-refractivity contribution in [3.63, 3.8) is 0 Å². The van der Waals surface area contributed by atoms with Crippen molar-refractivity contribution in [2.75, 3.05) is 11.9 Å². The summed E-state index contributed by atoms with van der Waals surface area (Å²) >= 11 is 5.19. The maximum atomic E-state index is 4.40. The third-order valence-corrected chi connectivity index (χ3v) is 3.93. The first kappa shape index (κ1) is 11.7. The third-order valence-electron chi connectivity index (χ3n) is 2.53. The Balaban J connectivity index is 1.67. The molecule has 0 radical (unpaired) electrons. The molecular weight excluding hydrogens is 312 g/mol. The maximum Gasteiger partial charge on any atom is 0.243 e. The Morgan fingerprint density at radius 1 is 1.33 bits per heavy atom. The van der Waals surface area contributed by atoms with Crippen LogP contribution in [0, 0.1) is 0 Å². The Bertz CT molecular complexity index is 647. The Morgan fingerprint density at radius 2 is 2.28 bits per heavy atom. The molecule has 0 aromatic carbocycles. The molecule has 0 aliphatic rings. The number of hydrogen-bond donors (Lipinski definition) is 1. The van der Waals surface area contributed by atoms with Gasteiger partial charge in [-0.15, -0.1) is 16.4 Å². The van der Waals surface area contributed by atoms with Crippen molar-refractivity contribution in [2.24, 2.45) is 0 Å². The number of pyridine rings is 1. The molecule has 0 fully saturated rings. The Morgan fingerprint density at radius 3 is 3.11 bits per heavy atom. The standard InChI is InChI=1S/C12H11BrN4S/c13-9-3-4-11-15-12(16-17(11)8-9)14-6-5-10-2-1-7-18-10/h1-4,7-8H,5-6H2,(H,14,16). The number of thiophene rings is 1. The van der Waals surface area contributed by atoms with Crippen LogP contribution in [0.5, 0.6) is 0 Å². The average molecular weight is 323 g/mol. The summed E-state index contributed by atoms with van der Waals surface area (Å²) in [7, 11) is 0. The van der Waals surface area contributed by atoms with Gasteiger partial charge in [-0.3, -0.25) is 0 Å². The molecule has 0 aliphatic carbocycles. The smallest absolute Gasteiger partial charge is 0.243 e. The quantitative estimate of drug-likeness (QED) is 0.802. The summed E-state index contributed by atoms with van der Waals surface area (Å²) < 4.78 is 2.75. The molecule has 0 spiro atoms. The molecule has 3 heterocycles. The normalized spacial score (nSPS) is 10.9. The van der Waals surface area contributed by atoms with Crippen LogP contribution >= 0.6 is 27.3 Å². The Kier molecular flexibility index (Phi) is 3.29. The van der Waals surface area contributed by atoms with Crippen LogP contribution in [0.1, 0.15) is 4.88 Å². The van der Waals surface area contributed by atoms with Crippen LogP contribution in [-0.2, 0) is 6.42 Å². The number of rotatable bonds is 4. The molecule has 1 N–H and O–H groups in total. The van der Waals surface area contributed by atoms with Gasteiger partial charge in [0.05, 0.1) is 0 Å². The highest BCUT2D eigenvalue weighted by atomic mass is 79.9. The van der Waals surface area contributed by atoms with Crippen LogP contribution in [-0.4, -0.2) is 21.1 Å². The molecular formula is C12H11BrN4S. The van der Waals surface area contributed by atoms with Crippen molar-refractivity contribution >= 4 is 38.9 Å². The topological polar surface area (TPSA) is 42.2 Å². The Labute approximate surface area is 117 Å². The fourth-order valence-electron chi connectivity index (χ4n) is 1.69. The van der Waals surface area contributed by atoms with Crippen molar-refractivity contribution in [2.45, 2.75) is 6.42 Å². The number of aromatic nitrogens is 3. The second-order valence-electron chi connectivity index (χ2n) is 3.84. The summed E-state index contributed by atoms with van der Waals surface area (Å²) in [6, 6.07) is 8.10. The van der Waals surface area contributed by atoms with E-state index >= 15 is 0 Å². The highest BCUT2D eigenvalue weighted by molar-refractivity contribution is 9.10. The van der Waals surface area contributed by atoms with Crippen LogP contribution in [0.25, 0.3) is 5.65 Å². The largest absolute Gasteiger partial charge is 0.353 e. The molecule has 0 unspecified atom stereocenters. The van der Waals surface area contributed by atoms with E-state index in [4.69, 9.17) is 0 Å². The molecule has 92 valence electrons. The molecule has 4 nitrogen and oxygen atoms in total. The molecule has 3 rings (SSSR count). The van der Waals surface area contributed by atoms with E-state index in [1.54, 1.807) is 15.9 Å². The van der Waals surface area contributed by atoms with E-state index in [9.17, 15) is 0 Å². The SMILES string of the molecule is Brc1ccc2nc(NCCc3cccs3)nn2c1. The number of fused-ring (bicyclic) bond motifs is 1. The fourth-order valence-corrected chi connectivity index (χ4v) is 2.72. The van der Waals surface area contributed by atoms with E-state index in [2.05, 4.69) is 48.8 Å². The number of halogens is 1. The molecule has 0 saturated carbocycles. The van der Waals surface area contributed by atoms with E-state index in [0.29, 0.717) is 5.95 Å². The molecule has 0 amide bonds. The van der Waals surface area contributed by atoms with Crippen molar-refractivity contribution < 1.29 is 0 Å². The molecule has 6 heteroatoms. The van der Waals surface area contributed by atoms with E-state index < -0.39 is 0 Å². The van der Waals surface area contributed by atoms with E-state index in [1.165, 1.54) is 4.88 Å². The first-order chi connectivity index (χ1) is 8.81. The van der Waals surface area contributed by atoms with Crippen molar-refractivity contribution in [3.05, 3.63) is 45.2 Å². The monoisotopic (exact) mass is 322 g/mol. The van der Waals surface area contributed by atoms with Gasteiger partial charge in [0.25, 0.3) is 0 Å². The highest BCUT2D eigenvalue weighted by Gasteiger charge is 2.03. The number of nitrogens with one attached hydrogen (secondary N) is 1. The first-order valence-electron chi connectivity index (χ1n) is 5.59. The highest BCUT2D eigenvalue weighted by Crippen LogP contribution is 2.13. The second kappa shape index (κ2) is 5.07.